The number of carbonyl (C=O) groups excluding carboxylic acids is 1. The monoisotopic (exact) mass is 288 g/mol. The smallest absolute Gasteiger partial charge is 0.337 e. The molecule has 21 heavy (non-hydrogen) atoms. The van der Waals surface area contributed by atoms with Gasteiger partial charge in [-0.2, -0.15) is 0 Å². The molecule has 2 heterocycles. The molecule has 0 aromatic carbocycles. The lowest BCUT2D eigenvalue weighted by molar-refractivity contribution is 0.0696. The van der Waals surface area contributed by atoms with Gasteiger partial charge in [0.25, 0.3) is 0 Å². The van der Waals surface area contributed by atoms with E-state index in [1.54, 1.807) is 12.1 Å². The SMILES string of the molecule is COc1ccc(NC(=O)Nc2cncc(C(=O)O)c2)cn1. The van der Waals surface area contributed by atoms with Crippen molar-refractivity contribution < 1.29 is 19.4 Å². The number of amides is 2. The van der Waals surface area contributed by atoms with Crippen LogP contribution in [0.25, 0.3) is 0 Å². The lowest BCUT2D eigenvalue weighted by Gasteiger charge is -2.08. The van der Waals surface area contributed by atoms with Crippen molar-refractivity contribution in [1.82, 2.24) is 9.97 Å². The Morgan fingerprint density at radius 1 is 1.14 bits per heavy atom. The van der Waals surface area contributed by atoms with Crippen molar-refractivity contribution in [2.75, 3.05) is 17.7 Å². The van der Waals surface area contributed by atoms with Crippen LogP contribution in [0.2, 0.25) is 0 Å². The molecule has 2 amide bonds. The fraction of sp³-hybridized carbons (Fsp3) is 0.0769. The Kier molecular flexibility index (Phi) is 4.30. The van der Waals surface area contributed by atoms with Crippen LogP contribution >= 0.6 is 0 Å². The van der Waals surface area contributed by atoms with Gasteiger partial charge in [-0.1, -0.05) is 0 Å². The summed E-state index contributed by atoms with van der Waals surface area (Å²) in [5, 5.41) is 13.9. The minimum Gasteiger partial charge on any atom is -0.481 e. The highest BCUT2D eigenvalue weighted by molar-refractivity contribution is 6.00. The van der Waals surface area contributed by atoms with Crippen LogP contribution < -0.4 is 15.4 Å². The Morgan fingerprint density at radius 2 is 1.90 bits per heavy atom. The van der Waals surface area contributed by atoms with Crippen molar-refractivity contribution in [1.29, 1.82) is 0 Å². The number of carboxylic acid groups (broad SMARTS) is 1. The highest BCUT2D eigenvalue weighted by Gasteiger charge is 2.07. The molecule has 8 heteroatoms. The first-order valence-electron chi connectivity index (χ1n) is 5.85. The number of carbonyl (C=O) groups is 2. The third kappa shape index (κ3) is 3.90. The van der Waals surface area contributed by atoms with Crippen LogP contribution in [0.3, 0.4) is 0 Å². The fourth-order valence-electron chi connectivity index (χ4n) is 1.49. The summed E-state index contributed by atoms with van der Waals surface area (Å²) in [7, 11) is 1.49. The maximum atomic E-state index is 11.8. The van der Waals surface area contributed by atoms with Gasteiger partial charge in [0.2, 0.25) is 5.88 Å². The Morgan fingerprint density at radius 3 is 2.52 bits per heavy atom. The largest absolute Gasteiger partial charge is 0.481 e. The maximum Gasteiger partial charge on any atom is 0.337 e. The number of hydrogen-bond acceptors (Lipinski definition) is 5. The molecule has 2 aromatic heterocycles. The summed E-state index contributed by atoms with van der Waals surface area (Å²) in [6.45, 7) is 0. The zero-order chi connectivity index (χ0) is 15.2. The van der Waals surface area contributed by atoms with Crippen molar-refractivity contribution in [3.8, 4) is 5.88 Å². The van der Waals surface area contributed by atoms with Crippen molar-refractivity contribution >= 4 is 23.4 Å². The molecule has 0 aliphatic carbocycles. The summed E-state index contributed by atoms with van der Waals surface area (Å²) in [4.78, 5) is 30.2. The molecule has 0 aliphatic heterocycles. The van der Waals surface area contributed by atoms with Gasteiger partial charge in [0.1, 0.15) is 0 Å². The number of anilines is 2. The van der Waals surface area contributed by atoms with Crippen LogP contribution in [-0.4, -0.2) is 34.2 Å². The predicted octanol–water partition coefficient (Wildman–Crippen LogP) is 1.83. The van der Waals surface area contributed by atoms with Crippen molar-refractivity contribution in [2.45, 2.75) is 0 Å². The molecular formula is C13H12N4O4. The number of carboxylic acids is 1. The lowest BCUT2D eigenvalue weighted by atomic mass is 10.2. The van der Waals surface area contributed by atoms with Gasteiger partial charge >= 0.3 is 12.0 Å². The van der Waals surface area contributed by atoms with Gasteiger partial charge < -0.3 is 20.5 Å². The lowest BCUT2D eigenvalue weighted by Crippen LogP contribution is -2.19. The Balaban J connectivity index is 2.00. The average molecular weight is 288 g/mol. The average Bonchev–Trinajstić information content (AvgIpc) is 2.48. The molecule has 2 aromatic rings. The number of nitrogens with one attached hydrogen (secondary N) is 2. The van der Waals surface area contributed by atoms with Crippen LogP contribution in [0.4, 0.5) is 16.2 Å². The van der Waals surface area contributed by atoms with Crippen molar-refractivity contribution in [3.05, 3.63) is 42.4 Å². The van der Waals surface area contributed by atoms with Crippen LogP contribution in [0, 0.1) is 0 Å². The second kappa shape index (κ2) is 6.33. The topological polar surface area (TPSA) is 113 Å². The number of methoxy groups -OCH3 is 1. The summed E-state index contributed by atoms with van der Waals surface area (Å²) < 4.78 is 4.90. The number of nitrogens with zero attached hydrogens (tertiary/aromatic N) is 2. The number of aromatic nitrogens is 2. The number of aromatic carboxylic acids is 1. The molecular weight excluding hydrogens is 276 g/mol. The molecule has 0 bridgehead atoms. The van der Waals surface area contributed by atoms with E-state index < -0.39 is 12.0 Å². The quantitative estimate of drug-likeness (QED) is 0.791. The molecule has 0 saturated heterocycles. The molecule has 0 spiro atoms. The highest BCUT2D eigenvalue weighted by Crippen LogP contribution is 2.12. The molecule has 0 atom stereocenters. The standard InChI is InChI=1S/C13H12N4O4/c1-21-11-3-2-9(7-15-11)16-13(20)17-10-4-8(12(18)19)5-14-6-10/h2-7H,1H3,(H,18,19)(H2,16,17,20). The number of hydrogen-bond donors (Lipinski definition) is 3. The minimum absolute atomic E-state index is 0.0149. The molecule has 108 valence electrons. The summed E-state index contributed by atoms with van der Waals surface area (Å²) in [6, 6.07) is 3.99. The summed E-state index contributed by atoms with van der Waals surface area (Å²) >= 11 is 0. The number of rotatable bonds is 4. The third-order valence-corrected chi connectivity index (χ3v) is 2.45. The maximum absolute atomic E-state index is 11.8. The molecule has 0 unspecified atom stereocenters. The fourth-order valence-corrected chi connectivity index (χ4v) is 1.49. The zero-order valence-electron chi connectivity index (χ0n) is 11.0. The van der Waals surface area contributed by atoms with E-state index in [0.29, 0.717) is 11.6 Å². The van der Waals surface area contributed by atoms with Crippen LogP contribution in [-0.2, 0) is 0 Å². The summed E-state index contributed by atoms with van der Waals surface area (Å²) in [5.74, 6) is -0.690. The Labute approximate surface area is 119 Å². The number of pyridine rings is 2. The molecule has 0 radical (unpaired) electrons. The van der Waals surface area contributed by atoms with E-state index in [2.05, 4.69) is 20.6 Å². The first kappa shape index (κ1) is 14.3. The Hall–Kier alpha value is -3.16. The second-order valence-electron chi connectivity index (χ2n) is 3.94. The van der Waals surface area contributed by atoms with E-state index in [0.717, 1.165) is 0 Å². The second-order valence-corrected chi connectivity index (χ2v) is 3.94. The molecule has 8 nitrogen and oxygen atoms in total. The number of ether oxygens (including phenoxy) is 1. The van der Waals surface area contributed by atoms with E-state index >= 15 is 0 Å². The van der Waals surface area contributed by atoms with Crippen molar-refractivity contribution in [3.63, 3.8) is 0 Å². The zero-order valence-corrected chi connectivity index (χ0v) is 11.0. The first-order chi connectivity index (χ1) is 10.1. The first-order valence-corrected chi connectivity index (χ1v) is 5.85. The molecule has 0 fully saturated rings. The third-order valence-electron chi connectivity index (χ3n) is 2.45. The van der Waals surface area contributed by atoms with E-state index in [4.69, 9.17) is 9.84 Å². The van der Waals surface area contributed by atoms with E-state index in [-0.39, 0.29) is 11.3 Å². The molecule has 2 rings (SSSR count). The summed E-state index contributed by atoms with van der Waals surface area (Å²) in [5.41, 5.74) is 0.725. The van der Waals surface area contributed by atoms with Crippen LogP contribution in [0.15, 0.2) is 36.8 Å². The van der Waals surface area contributed by atoms with Crippen molar-refractivity contribution in [2.24, 2.45) is 0 Å². The van der Waals surface area contributed by atoms with E-state index in [9.17, 15) is 9.59 Å². The predicted molar refractivity (Wildman–Crippen MR) is 74.6 cm³/mol. The van der Waals surface area contributed by atoms with Crippen LogP contribution in [0.1, 0.15) is 10.4 Å². The highest BCUT2D eigenvalue weighted by atomic mass is 16.5. The Bertz CT molecular complexity index is 657. The van der Waals surface area contributed by atoms with Crippen LogP contribution in [0.5, 0.6) is 5.88 Å². The van der Waals surface area contributed by atoms with E-state index in [1.165, 1.54) is 31.8 Å². The summed E-state index contributed by atoms with van der Waals surface area (Å²) in [6.07, 6.45) is 3.97. The molecule has 3 N–H and O–H groups in total. The molecule has 0 aliphatic rings. The molecule has 0 saturated carbocycles. The van der Waals surface area contributed by atoms with Gasteiger partial charge in [0.15, 0.2) is 0 Å². The van der Waals surface area contributed by atoms with E-state index in [1.807, 2.05) is 0 Å². The van der Waals surface area contributed by atoms with Gasteiger partial charge in [-0.15, -0.1) is 0 Å². The van der Waals surface area contributed by atoms with Gasteiger partial charge in [-0.05, 0) is 12.1 Å². The minimum atomic E-state index is -1.12. The van der Waals surface area contributed by atoms with Gasteiger partial charge in [-0.3, -0.25) is 4.98 Å². The van der Waals surface area contributed by atoms with Gasteiger partial charge in [-0.25, -0.2) is 14.6 Å². The van der Waals surface area contributed by atoms with Gasteiger partial charge in [0, 0.05) is 12.3 Å². The normalized spacial score (nSPS) is 9.76. The number of urea groups is 1. The van der Waals surface area contributed by atoms with Gasteiger partial charge in [0.05, 0.1) is 36.4 Å².